The van der Waals surface area contributed by atoms with E-state index in [0.717, 1.165) is 89.5 Å². The number of aromatic amines is 2. The topological polar surface area (TPSA) is 104 Å². The zero-order valence-electron chi connectivity index (χ0n) is 22.3. The summed E-state index contributed by atoms with van der Waals surface area (Å²) in [6.07, 6.45) is 3.38. The fourth-order valence-electron chi connectivity index (χ4n) is 4.83. The van der Waals surface area contributed by atoms with Gasteiger partial charge in [0.2, 0.25) is 0 Å². The number of nitrogens with zero attached hydrogens (tertiary/aromatic N) is 2. The number of benzene rings is 2. The number of aryl methyl sites for hydroxylation is 1. The summed E-state index contributed by atoms with van der Waals surface area (Å²) in [6, 6.07) is 11.8. The van der Waals surface area contributed by atoms with Gasteiger partial charge in [-0.05, 0) is 71.1 Å². The third-order valence-corrected chi connectivity index (χ3v) is 7.50. The van der Waals surface area contributed by atoms with Gasteiger partial charge < -0.3 is 29.5 Å². The maximum Gasteiger partial charge on any atom is 0.261 e. The first kappa shape index (κ1) is 27.2. The van der Waals surface area contributed by atoms with Crippen LogP contribution in [-0.4, -0.2) is 73.0 Å². The summed E-state index contributed by atoms with van der Waals surface area (Å²) in [7, 11) is 1.65. The van der Waals surface area contributed by atoms with E-state index in [-0.39, 0.29) is 5.56 Å². The molecule has 2 aromatic heterocycles. The molecule has 0 unspecified atom stereocenters. The van der Waals surface area contributed by atoms with Crippen molar-refractivity contribution in [3.05, 3.63) is 68.5 Å². The number of imidazole rings is 1. The number of halogens is 1. The molecule has 2 aromatic carbocycles. The lowest BCUT2D eigenvalue weighted by Gasteiger charge is -2.26. The van der Waals surface area contributed by atoms with Crippen molar-refractivity contribution in [1.82, 2.24) is 19.9 Å². The first-order valence-electron chi connectivity index (χ1n) is 13.2. The summed E-state index contributed by atoms with van der Waals surface area (Å²) < 4.78 is 17.7. The predicted octanol–water partition coefficient (Wildman–Crippen LogP) is 4.75. The number of ether oxygens (including phenoxy) is 3. The molecular formula is C29H34BrN5O4. The van der Waals surface area contributed by atoms with Crippen LogP contribution < -0.4 is 20.3 Å². The average molecular weight is 597 g/mol. The minimum absolute atomic E-state index is 0.205. The molecule has 1 saturated heterocycles. The number of anilines is 1. The van der Waals surface area contributed by atoms with Gasteiger partial charge in [-0.3, -0.25) is 9.69 Å². The van der Waals surface area contributed by atoms with Crippen LogP contribution in [0.1, 0.15) is 17.5 Å². The second kappa shape index (κ2) is 12.7. The second-order valence-electron chi connectivity index (χ2n) is 9.62. The summed E-state index contributed by atoms with van der Waals surface area (Å²) in [5, 5.41) is 3.42. The van der Waals surface area contributed by atoms with Gasteiger partial charge in [0.15, 0.2) is 0 Å². The van der Waals surface area contributed by atoms with E-state index in [1.165, 1.54) is 0 Å². The molecule has 0 saturated carbocycles. The van der Waals surface area contributed by atoms with Gasteiger partial charge in [-0.25, -0.2) is 4.98 Å². The van der Waals surface area contributed by atoms with Crippen LogP contribution in [-0.2, 0) is 11.2 Å². The van der Waals surface area contributed by atoms with Crippen molar-refractivity contribution in [3.8, 4) is 22.9 Å². The van der Waals surface area contributed by atoms with Crippen molar-refractivity contribution >= 4 is 32.7 Å². The molecular weight excluding hydrogens is 562 g/mol. The normalized spacial score (nSPS) is 14.0. The average Bonchev–Trinajstić information content (AvgIpc) is 3.36. The number of H-pyrrole nitrogens is 2. The lowest BCUT2D eigenvalue weighted by atomic mass is 10.1. The molecule has 0 bridgehead atoms. The van der Waals surface area contributed by atoms with Gasteiger partial charge in [0.25, 0.3) is 5.56 Å². The van der Waals surface area contributed by atoms with E-state index >= 15 is 0 Å². The minimum atomic E-state index is -0.205. The number of morpholine rings is 1. The number of rotatable bonds is 11. The molecule has 5 rings (SSSR count). The molecule has 0 radical (unpaired) electrons. The lowest BCUT2D eigenvalue weighted by molar-refractivity contribution is 0.0358. The van der Waals surface area contributed by atoms with E-state index in [9.17, 15) is 4.79 Å². The van der Waals surface area contributed by atoms with Gasteiger partial charge in [0.05, 0.1) is 48.1 Å². The van der Waals surface area contributed by atoms with Crippen LogP contribution in [0.4, 0.5) is 5.69 Å². The number of aromatic nitrogens is 3. The fourth-order valence-corrected chi connectivity index (χ4v) is 5.42. The summed E-state index contributed by atoms with van der Waals surface area (Å²) in [5.41, 5.74) is 4.81. The maximum atomic E-state index is 12.9. The first-order valence-corrected chi connectivity index (χ1v) is 14.0. The highest BCUT2D eigenvalue weighted by Gasteiger charge is 2.16. The fraction of sp³-hybridized carbons (Fsp3) is 0.379. The molecule has 1 fully saturated rings. The summed E-state index contributed by atoms with van der Waals surface area (Å²) in [4.78, 5) is 26.2. The van der Waals surface area contributed by atoms with Crippen LogP contribution in [0.2, 0.25) is 0 Å². The Kier molecular flexibility index (Phi) is 8.85. The Bertz CT molecular complexity index is 1480. The molecule has 206 valence electrons. The van der Waals surface area contributed by atoms with Crippen molar-refractivity contribution in [1.29, 1.82) is 0 Å². The largest absolute Gasteiger partial charge is 0.496 e. The Balaban J connectivity index is 1.27. The molecule has 0 spiro atoms. The minimum Gasteiger partial charge on any atom is -0.496 e. The van der Waals surface area contributed by atoms with Crippen LogP contribution in [0, 0.1) is 6.92 Å². The molecule has 10 heteroatoms. The van der Waals surface area contributed by atoms with Crippen LogP contribution >= 0.6 is 15.9 Å². The third kappa shape index (κ3) is 6.63. The molecule has 1 aliphatic rings. The van der Waals surface area contributed by atoms with Gasteiger partial charge in [-0.2, -0.15) is 0 Å². The third-order valence-electron chi connectivity index (χ3n) is 6.88. The molecule has 0 amide bonds. The monoisotopic (exact) mass is 595 g/mol. The second-order valence-corrected chi connectivity index (χ2v) is 10.5. The van der Waals surface area contributed by atoms with Crippen molar-refractivity contribution in [2.75, 3.05) is 58.4 Å². The predicted molar refractivity (Wildman–Crippen MR) is 157 cm³/mol. The highest BCUT2D eigenvalue weighted by Crippen LogP contribution is 2.29. The van der Waals surface area contributed by atoms with Crippen molar-refractivity contribution < 1.29 is 14.2 Å². The molecule has 0 atom stereocenters. The number of hydrogen-bond acceptors (Lipinski definition) is 7. The Labute approximate surface area is 236 Å². The number of fused-ring (bicyclic) bond motifs is 1. The Morgan fingerprint density at radius 1 is 1.18 bits per heavy atom. The van der Waals surface area contributed by atoms with Crippen LogP contribution in [0.3, 0.4) is 0 Å². The van der Waals surface area contributed by atoms with Gasteiger partial charge in [-0.1, -0.05) is 6.07 Å². The van der Waals surface area contributed by atoms with E-state index in [0.29, 0.717) is 24.5 Å². The van der Waals surface area contributed by atoms with Crippen LogP contribution in [0.15, 0.2) is 51.9 Å². The Morgan fingerprint density at radius 3 is 2.82 bits per heavy atom. The van der Waals surface area contributed by atoms with E-state index < -0.39 is 0 Å². The molecule has 4 aromatic rings. The molecule has 0 aliphatic carbocycles. The smallest absolute Gasteiger partial charge is 0.261 e. The number of pyridine rings is 1. The molecule has 1 aliphatic heterocycles. The van der Waals surface area contributed by atoms with Crippen LogP contribution in [0.25, 0.3) is 22.4 Å². The Hall–Kier alpha value is -3.34. The molecule has 39 heavy (non-hydrogen) atoms. The SMILES string of the molecule is COc1ccc(CCNc2cc[nH]c(=O)c2-c2nc3c(C)cc(OCCCN4CCOCC4)cc3[nH]2)cc1Br. The number of methoxy groups -OCH3 is 1. The van der Waals surface area contributed by atoms with Gasteiger partial charge in [0.1, 0.15) is 22.9 Å². The Morgan fingerprint density at radius 2 is 2.03 bits per heavy atom. The standard InChI is InChI=1S/C29H34BrN5O4/c1-19-16-21(39-13-3-10-35-11-14-38-15-12-35)18-24-27(19)34-28(33-24)26-23(7-9-32-29(26)36)31-8-6-20-4-5-25(37-2)22(30)17-20/h4-5,7,9,16-18H,3,6,8,10-15H2,1-2H3,(H,33,34)(H2,31,32,36). The molecule has 3 heterocycles. The van der Waals surface area contributed by atoms with Gasteiger partial charge in [-0.15, -0.1) is 0 Å². The van der Waals surface area contributed by atoms with E-state index in [1.54, 1.807) is 13.3 Å². The summed E-state index contributed by atoms with van der Waals surface area (Å²) in [6.45, 7) is 7.88. The van der Waals surface area contributed by atoms with Crippen LogP contribution in [0.5, 0.6) is 11.5 Å². The van der Waals surface area contributed by atoms with Gasteiger partial charge >= 0.3 is 0 Å². The summed E-state index contributed by atoms with van der Waals surface area (Å²) in [5.74, 6) is 2.11. The number of nitrogens with one attached hydrogen (secondary N) is 3. The zero-order chi connectivity index (χ0) is 27.2. The molecule has 3 N–H and O–H groups in total. The van der Waals surface area contributed by atoms with E-state index in [1.807, 2.05) is 43.3 Å². The highest BCUT2D eigenvalue weighted by molar-refractivity contribution is 9.10. The summed E-state index contributed by atoms with van der Waals surface area (Å²) >= 11 is 3.54. The van der Waals surface area contributed by atoms with Crippen molar-refractivity contribution in [2.24, 2.45) is 0 Å². The first-order chi connectivity index (χ1) is 19.0. The van der Waals surface area contributed by atoms with Gasteiger partial charge in [0, 0.05) is 38.4 Å². The highest BCUT2D eigenvalue weighted by atomic mass is 79.9. The van der Waals surface area contributed by atoms with Crippen molar-refractivity contribution in [3.63, 3.8) is 0 Å². The maximum absolute atomic E-state index is 12.9. The number of hydrogen-bond donors (Lipinski definition) is 3. The lowest BCUT2D eigenvalue weighted by Crippen LogP contribution is -2.37. The van der Waals surface area contributed by atoms with E-state index in [2.05, 4.69) is 36.1 Å². The van der Waals surface area contributed by atoms with E-state index in [4.69, 9.17) is 19.2 Å². The quantitative estimate of drug-likeness (QED) is 0.215. The zero-order valence-corrected chi connectivity index (χ0v) is 23.9. The molecule has 9 nitrogen and oxygen atoms in total. The van der Waals surface area contributed by atoms with Crippen molar-refractivity contribution in [2.45, 2.75) is 19.8 Å².